The van der Waals surface area contributed by atoms with E-state index in [2.05, 4.69) is 25.9 Å². The fourth-order valence-electron chi connectivity index (χ4n) is 2.31. The molecule has 0 aliphatic heterocycles. The molecular weight excluding hydrogens is 228 g/mol. The van der Waals surface area contributed by atoms with Crippen molar-refractivity contribution in [2.45, 2.75) is 53.4 Å². The normalized spacial score (nSPS) is 20.2. The molecule has 2 N–H and O–H groups in total. The number of carbonyl (C=O) groups is 1. The highest BCUT2D eigenvalue weighted by Gasteiger charge is 2.33. The van der Waals surface area contributed by atoms with Crippen LogP contribution in [0.15, 0.2) is 16.4 Å². The molecular formula is C14H24N2O2. The van der Waals surface area contributed by atoms with Crippen molar-refractivity contribution in [3.8, 4) is 0 Å². The van der Waals surface area contributed by atoms with Gasteiger partial charge in [-0.1, -0.05) is 32.3 Å². The van der Waals surface area contributed by atoms with E-state index in [0.29, 0.717) is 30.0 Å². The van der Waals surface area contributed by atoms with E-state index in [9.17, 15) is 4.79 Å². The van der Waals surface area contributed by atoms with Gasteiger partial charge in [-0.3, -0.25) is 4.79 Å². The van der Waals surface area contributed by atoms with Crippen LogP contribution in [-0.2, 0) is 9.63 Å². The molecule has 0 heterocycles. The van der Waals surface area contributed by atoms with Crippen LogP contribution in [0.3, 0.4) is 0 Å². The lowest BCUT2D eigenvalue weighted by molar-refractivity contribution is -0.117. The fraction of sp³-hybridized carbons (Fsp3) is 0.714. The predicted octanol–water partition coefficient (Wildman–Crippen LogP) is 2.78. The molecule has 0 aromatic rings. The molecule has 0 fully saturated rings. The SMILES string of the molecule is CCC/C(=N/OCC)C1=C(N)CC(C)(C)CC1=O. The molecule has 1 aliphatic rings. The second kappa shape index (κ2) is 6.03. The Kier molecular flexibility index (Phi) is 4.93. The molecule has 18 heavy (non-hydrogen) atoms. The molecule has 4 heteroatoms. The van der Waals surface area contributed by atoms with Crippen LogP contribution < -0.4 is 5.73 Å². The third kappa shape index (κ3) is 3.59. The van der Waals surface area contributed by atoms with Crippen molar-refractivity contribution in [2.24, 2.45) is 16.3 Å². The van der Waals surface area contributed by atoms with Crippen LogP contribution >= 0.6 is 0 Å². The van der Waals surface area contributed by atoms with E-state index in [1.807, 2.05) is 6.92 Å². The Balaban J connectivity index is 3.07. The lowest BCUT2D eigenvalue weighted by Crippen LogP contribution is -2.32. The number of nitrogens with zero attached hydrogens (tertiary/aromatic N) is 1. The maximum absolute atomic E-state index is 12.2. The van der Waals surface area contributed by atoms with Gasteiger partial charge in [-0.05, 0) is 25.2 Å². The van der Waals surface area contributed by atoms with E-state index in [1.165, 1.54) is 0 Å². The van der Waals surface area contributed by atoms with Gasteiger partial charge >= 0.3 is 0 Å². The first kappa shape index (κ1) is 14.7. The van der Waals surface area contributed by atoms with Crippen LogP contribution in [0.25, 0.3) is 0 Å². The molecule has 102 valence electrons. The van der Waals surface area contributed by atoms with Crippen LogP contribution in [0.4, 0.5) is 0 Å². The van der Waals surface area contributed by atoms with Gasteiger partial charge in [0.15, 0.2) is 5.78 Å². The third-order valence-corrected chi connectivity index (χ3v) is 2.99. The molecule has 0 saturated heterocycles. The molecule has 0 aromatic heterocycles. The Morgan fingerprint density at radius 2 is 2.06 bits per heavy atom. The molecule has 0 bridgehead atoms. The smallest absolute Gasteiger partial charge is 0.167 e. The third-order valence-electron chi connectivity index (χ3n) is 2.99. The maximum atomic E-state index is 12.2. The Hall–Kier alpha value is -1.32. The number of Topliss-reactive ketones (excluding diaryl/α,β-unsaturated/α-hetero) is 1. The van der Waals surface area contributed by atoms with Crippen LogP contribution in [0.1, 0.15) is 53.4 Å². The molecule has 0 saturated carbocycles. The van der Waals surface area contributed by atoms with Crippen LogP contribution in [0, 0.1) is 5.41 Å². The maximum Gasteiger partial charge on any atom is 0.167 e. The quantitative estimate of drug-likeness (QED) is 0.604. The minimum absolute atomic E-state index is 0.0480. The zero-order valence-electron chi connectivity index (χ0n) is 11.9. The Morgan fingerprint density at radius 1 is 1.39 bits per heavy atom. The fourth-order valence-corrected chi connectivity index (χ4v) is 2.31. The summed E-state index contributed by atoms with van der Waals surface area (Å²) in [5.41, 5.74) is 7.99. The lowest BCUT2D eigenvalue weighted by Gasteiger charge is -2.30. The van der Waals surface area contributed by atoms with E-state index in [4.69, 9.17) is 10.6 Å². The van der Waals surface area contributed by atoms with Crippen molar-refractivity contribution in [1.29, 1.82) is 0 Å². The zero-order valence-corrected chi connectivity index (χ0v) is 11.9. The minimum atomic E-state index is -0.0480. The van der Waals surface area contributed by atoms with Gasteiger partial charge in [-0.2, -0.15) is 0 Å². The number of rotatable bonds is 5. The van der Waals surface area contributed by atoms with Gasteiger partial charge in [0.05, 0.1) is 11.3 Å². The van der Waals surface area contributed by atoms with E-state index in [1.54, 1.807) is 0 Å². The van der Waals surface area contributed by atoms with E-state index < -0.39 is 0 Å². The molecule has 4 nitrogen and oxygen atoms in total. The minimum Gasteiger partial charge on any atom is -0.401 e. The molecule has 0 spiro atoms. The van der Waals surface area contributed by atoms with Crippen molar-refractivity contribution in [3.63, 3.8) is 0 Å². The van der Waals surface area contributed by atoms with Gasteiger partial charge in [-0.25, -0.2) is 0 Å². The van der Waals surface area contributed by atoms with Gasteiger partial charge < -0.3 is 10.6 Å². The Morgan fingerprint density at radius 3 is 2.56 bits per heavy atom. The topological polar surface area (TPSA) is 64.7 Å². The standard InChI is InChI=1S/C14H24N2O2/c1-5-7-11(16-18-6-2)13-10(15)8-14(3,4)9-12(13)17/h5-9,15H2,1-4H3/b16-11-. The summed E-state index contributed by atoms with van der Waals surface area (Å²) in [4.78, 5) is 17.3. The zero-order chi connectivity index (χ0) is 13.8. The predicted molar refractivity (Wildman–Crippen MR) is 73.2 cm³/mol. The summed E-state index contributed by atoms with van der Waals surface area (Å²) in [6.45, 7) is 8.55. The molecule has 0 amide bonds. The van der Waals surface area contributed by atoms with Crippen LogP contribution in [0.5, 0.6) is 0 Å². The van der Waals surface area contributed by atoms with Crippen molar-refractivity contribution >= 4 is 11.5 Å². The van der Waals surface area contributed by atoms with Gasteiger partial charge in [0.1, 0.15) is 6.61 Å². The van der Waals surface area contributed by atoms with Crippen molar-refractivity contribution < 1.29 is 9.63 Å². The van der Waals surface area contributed by atoms with Crippen LogP contribution in [-0.4, -0.2) is 18.1 Å². The monoisotopic (exact) mass is 252 g/mol. The lowest BCUT2D eigenvalue weighted by atomic mass is 9.74. The first-order chi connectivity index (χ1) is 8.41. The van der Waals surface area contributed by atoms with Gasteiger partial charge in [0.2, 0.25) is 0 Å². The first-order valence-electron chi connectivity index (χ1n) is 6.62. The number of carbonyl (C=O) groups excluding carboxylic acids is 1. The van der Waals surface area contributed by atoms with Crippen molar-refractivity contribution in [2.75, 3.05) is 6.61 Å². The molecule has 0 radical (unpaired) electrons. The molecule has 0 atom stereocenters. The number of hydrogen-bond acceptors (Lipinski definition) is 4. The summed E-state index contributed by atoms with van der Waals surface area (Å²) >= 11 is 0. The average molecular weight is 252 g/mol. The number of oxime groups is 1. The summed E-state index contributed by atoms with van der Waals surface area (Å²) in [5.74, 6) is 0.0932. The number of nitrogens with two attached hydrogens (primary N) is 1. The van der Waals surface area contributed by atoms with Gasteiger partial charge in [0, 0.05) is 12.1 Å². The number of allylic oxidation sites excluding steroid dienone is 2. The Bertz CT molecular complexity index is 381. The summed E-state index contributed by atoms with van der Waals surface area (Å²) in [5, 5.41) is 4.06. The largest absolute Gasteiger partial charge is 0.401 e. The molecule has 1 aliphatic carbocycles. The molecule has 1 rings (SSSR count). The van der Waals surface area contributed by atoms with E-state index in [0.717, 1.165) is 19.3 Å². The van der Waals surface area contributed by atoms with E-state index in [-0.39, 0.29) is 11.2 Å². The summed E-state index contributed by atoms with van der Waals surface area (Å²) in [6.07, 6.45) is 2.91. The van der Waals surface area contributed by atoms with Crippen molar-refractivity contribution in [3.05, 3.63) is 11.3 Å². The van der Waals surface area contributed by atoms with Crippen LogP contribution in [0.2, 0.25) is 0 Å². The summed E-state index contributed by atoms with van der Waals surface area (Å²) in [6, 6.07) is 0. The summed E-state index contributed by atoms with van der Waals surface area (Å²) in [7, 11) is 0. The molecule has 0 unspecified atom stereocenters. The first-order valence-corrected chi connectivity index (χ1v) is 6.62. The van der Waals surface area contributed by atoms with Gasteiger partial charge in [0.25, 0.3) is 0 Å². The number of hydrogen-bond donors (Lipinski definition) is 1. The molecule has 0 aromatic carbocycles. The highest BCUT2D eigenvalue weighted by Crippen LogP contribution is 2.35. The second-order valence-corrected chi connectivity index (χ2v) is 5.55. The second-order valence-electron chi connectivity index (χ2n) is 5.55. The van der Waals surface area contributed by atoms with Crippen molar-refractivity contribution in [1.82, 2.24) is 0 Å². The van der Waals surface area contributed by atoms with Gasteiger partial charge in [-0.15, -0.1) is 0 Å². The Labute approximate surface area is 109 Å². The summed E-state index contributed by atoms with van der Waals surface area (Å²) < 4.78 is 0. The highest BCUT2D eigenvalue weighted by atomic mass is 16.6. The number of ketones is 1. The van der Waals surface area contributed by atoms with E-state index >= 15 is 0 Å². The highest BCUT2D eigenvalue weighted by molar-refractivity contribution is 6.23. The average Bonchev–Trinajstić information content (AvgIpc) is 2.23.